The van der Waals surface area contributed by atoms with Crippen LogP contribution in [0.15, 0.2) is 84.0 Å². The first-order valence-corrected chi connectivity index (χ1v) is 9.69. The number of carbonyl (C=O) groups is 2. The molecule has 30 heavy (non-hydrogen) atoms. The van der Waals surface area contributed by atoms with Crippen molar-refractivity contribution >= 4 is 53.0 Å². The Morgan fingerprint density at radius 2 is 1.63 bits per heavy atom. The normalized spacial score (nSPS) is 11.0. The molecule has 0 aliphatic rings. The lowest BCUT2D eigenvalue weighted by Gasteiger charge is -2.04. The van der Waals surface area contributed by atoms with Crippen molar-refractivity contribution in [2.24, 2.45) is 5.10 Å². The lowest BCUT2D eigenvalue weighted by Crippen LogP contribution is -2.17. The van der Waals surface area contributed by atoms with E-state index in [0.717, 1.165) is 5.56 Å². The Labute approximate surface area is 184 Å². The van der Waals surface area contributed by atoms with Gasteiger partial charge in [0.1, 0.15) is 0 Å². The highest BCUT2D eigenvalue weighted by Crippen LogP contribution is 2.19. The number of benzene rings is 3. The van der Waals surface area contributed by atoms with Crippen molar-refractivity contribution < 1.29 is 9.59 Å². The summed E-state index contributed by atoms with van der Waals surface area (Å²) in [5, 5.41) is 7.59. The Morgan fingerprint density at radius 3 is 2.33 bits per heavy atom. The van der Waals surface area contributed by atoms with Gasteiger partial charge in [-0.2, -0.15) is 5.10 Å². The van der Waals surface area contributed by atoms with E-state index in [9.17, 15) is 9.59 Å². The van der Waals surface area contributed by atoms with Crippen LogP contribution in [-0.4, -0.2) is 18.0 Å². The zero-order chi connectivity index (χ0) is 21.3. The highest BCUT2D eigenvalue weighted by atomic mass is 35.5. The van der Waals surface area contributed by atoms with Crippen LogP contribution in [0.5, 0.6) is 0 Å². The van der Waals surface area contributed by atoms with E-state index in [1.54, 1.807) is 48.5 Å². The van der Waals surface area contributed by atoms with Gasteiger partial charge in [0, 0.05) is 27.9 Å². The second-order valence-electron chi connectivity index (χ2n) is 6.18. The fourth-order valence-corrected chi connectivity index (χ4v) is 2.91. The van der Waals surface area contributed by atoms with E-state index >= 15 is 0 Å². The zero-order valence-corrected chi connectivity index (χ0v) is 17.2. The molecule has 3 aromatic rings. The number of amides is 2. The van der Waals surface area contributed by atoms with Gasteiger partial charge in [0.15, 0.2) is 0 Å². The number of carbonyl (C=O) groups excluding carboxylic acids is 2. The maximum Gasteiger partial charge on any atom is 0.271 e. The molecule has 0 unspecified atom stereocenters. The molecule has 0 spiro atoms. The van der Waals surface area contributed by atoms with Crippen LogP contribution < -0.4 is 10.7 Å². The summed E-state index contributed by atoms with van der Waals surface area (Å²) < 4.78 is 0. The molecule has 0 aromatic heterocycles. The fraction of sp³-hybridized carbons (Fsp3) is 0. The lowest BCUT2D eigenvalue weighted by atomic mass is 10.2. The van der Waals surface area contributed by atoms with Crippen LogP contribution in [-0.2, 0) is 4.79 Å². The number of hydrogen-bond donors (Lipinski definition) is 2. The molecule has 0 atom stereocenters. The van der Waals surface area contributed by atoms with E-state index in [2.05, 4.69) is 15.8 Å². The Bertz CT molecular complexity index is 1100. The number of anilines is 1. The summed E-state index contributed by atoms with van der Waals surface area (Å²) in [6.45, 7) is 0. The first kappa shape index (κ1) is 21.3. The van der Waals surface area contributed by atoms with Gasteiger partial charge in [-0.15, -0.1) is 0 Å². The highest BCUT2D eigenvalue weighted by molar-refractivity contribution is 6.36. The first-order valence-electron chi connectivity index (χ1n) is 8.94. The summed E-state index contributed by atoms with van der Waals surface area (Å²) in [5.74, 6) is -0.654. The van der Waals surface area contributed by atoms with E-state index in [-0.39, 0.29) is 5.91 Å². The van der Waals surface area contributed by atoms with Crippen molar-refractivity contribution in [3.05, 3.63) is 106 Å². The predicted octanol–water partition coefficient (Wildman–Crippen LogP) is 5.41. The van der Waals surface area contributed by atoms with Crippen LogP contribution in [0, 0.1) is 0 Å². The van der Waals surface area contributed by atoms with E-state index in [1.165, 1.54) is 12.3 Å². The van der Waals surface area contributed by atoms with Gasteiger partial charge in [-0.1, -0.05) is 59.6 Å². The minimum Gasteiger partial charge on any atom is -0.323 e. The Balaban J connectivity index is 1.54. The molecule has 0 bridgehead atoms. The second-order valence-corrected chi connectivity index (χ2v) is 7.02. The summed E-state index contributed by atoms with van der Waals surface area (Å²) in [5.41, 5.74) is 4.96. The van der Waals surface area contributed by atoms with Crippen LogP contribution in [0.3, 0.4) is 0 Å². The molecule has 3 aromatic carbocycles. The van der Waals surface area contributed by atoms with Crippen LogP contribution in [0.4, 0.5) is 5.69 Å². The molecule has 0 aliphatic carbocycles. The van der Waals surface area contributed by atoms with E-state index in [1.807, 2.05) is 30.3 Å². The maximum atomic E-state index is 12.2. The van der Waals surface area contributed by atoms with Crippen LogP contribution in [0.2, 0.25) is 10.0 Å². The molecule has 0 saturated carbocycles. The number of hydrazone groups is 1. The van der Waals surface area contributed by atoms with E-state index < -0.39 is 5.91 Å². The van der Waals surface area contributed by atoms with Crippen LogP contribution >= 0.6 is 23.2 Å². The van der Waals surface area contributed by atoms with Gasteiger partial charge in [0.2, 0.25) is 5.91 Å². The van der Waals surface area contributed by atoms with Crippen molar-refractivity contribution in [3.63, 3.8) is 0 Å². The number of nitrogens with one attached hydrogen (secondary N) is 2. The van der Waals surface area contributed by atoms with Gasteiger partial charge in [0.25, 0.3) is 5.91 Å². The molecule has 2 N–H and O–H groups in total. The standard InChI is InChI=1S/C23H17Cl2N3O2/c24-19-10-7-18(21(25)14-19)15-26-28-23(30)17-8-11-20(12-9-17)27-22(29)13-6-16-4-2-1-3-5-16/h1-15H,(H,27,29)(H,28,30)/b13-6+,26-15-. The topological polar surface area (TPSA) is 70.6 Å². The third-order valence-corrected chi connectivity index (χ3v) is 4.54. The van der Waals surface area contributed by atoms with Gasteiger partial charge in [-0.3, -0.25) is 9.59 Å². The summed E-state index contributed by atoms with van der Waals surface area (Å²) in [4.78, 5) is 24.2. The van der Waals surface area contributed by atoms with Crippen molar-refractivity contribution in [3.8, 4) is 0 Å². The molecule has 0 saturated heterocycles. The third-order valence-electron chi connectivity index (χ3n) is 3.97. The van der Waals surface area contributed by atoms with Crippen molar-refractivity contribution in [2.45, 2.75) is 0 Å². The summed E-state index contributed by atoms with van der Waals surface area (Å²) in [7, 11) is 0. The van der Waals surface area contributed by atoms with Gasteiger partial charge in [-0.05, 0) is 48.0 Å². The molecule has 3 rings (SSSR count). The van der Waals surface area contributed by atoms with E-state index in [0.29, 0.717) is 26.9 Å². The van der Waals surface area contributed by atoms with Gasteiger partial charge in [-0.25, -0.2) is 5.43 Å². The third kappa shape index (κ3) is 6.30. The molecule has 7 heteroatoms. The number of halogens is 2. The minimum absolute atomic E-state index is 0.263. The molecule has 0 radical (unpaired) electrons. The SMILES string of the molecule is O=C(/C=C/c1ccccc1)Nc1ccc(C(=O)N/N=C\c2ccc(Cl)cc2Cl)cc1. The van der Waals surface area contributed by atoms with Gasteiger partial charge >= 0.3 is 0 Å². The fourth-order valence-electron chi connectivity index (χ4n) is 2.46. The number of hydrogen-bond acceptors (Lipinski definition) is 3. The largest absolute Gasteiger partial charge is 0.323 e. The average molecular weight is 438 g/mol. The maximum absolute atomic E-state index is 12.2. The van der Waals surface area contributed by atoms with Crippen LogP contribution in [0.25, 0.3) is 6.08 Å². The second kappa shape index (κ2) is 10.4. The van der Waals surface area contributed by atoms with Gasteiger partial charge in [0.05, 0.1) is 11.2 Å². The minimum atomic E-state index is -0.391. The quantitative estimate of drug-likeness (QED) is 0.307. The van der Waals surface area contributed by atoms with Gasteiger partial charge < -0.3 is 5.32 Å². The van der Waals surface area contributed by atoms with E-state index in [4.69, 9.17) is 23.2 Å². The monoisotopic (exact) mass is 437 g/mol. The summed E-state index contributed by atoms with van der Waals surface area (Å²) in [6, 6.07) is 21.0. The molecule has 0 fully saturated rings. The molecule has 0 heterocycles. The molecular formula is C23H17Cl2N3O2. The zero-order valence-electron chi connectivity index (χ0n) is 15.7. The Morgan fingerprint density at radius 1 is 0.900 bits per heavy atom. The van der Waals surface area contributed by atoms with Crippen LogP contribution in [0.1, 0.15) is 21.5 Å². The number of nitrogens with zero attached hydrogens (tertiary/aromatic N) is 1. The van der Waals surface area contributed by atoms with Crippen molar-refractivity contribution in [1.29, 1.82) is 0 Å². The molecule has 150 valence electrons. The molecule has 2 amide bonds. The average Bonchev–Trinajstić information content (AvgIpc) is 2.75. The molecule has 5 nitrogen and oxygen atoms in total. The molecular weight excluding hydrogens is 421 g/mol. The summed E-state index contributed by atoms with van der Waals surface area (Å²) in [6.07, 6.45) is 4.61. The van der Waals surface area contributed by atoms with Crippen molar-refractivity contribution in [1.82, 2.24) is 5.43 Å². The predicted molar refractivity (Wildman–Crippen MR) is 122 cm³/mol. The molecule has 0 aliphatic heterocycles. The Hall–Kier alpha value is -3.41. The highest BCUT2D eigenvalue weighted by Gasteiger charge is 2.05. The first-order chi connectivity index (χ1) is 14.5. The van der Waals surface area contributed by atoms with Crippen molar-refractivity contribution in [2.75, 3.05) is 5.32 Å². The number of rotatable bonds is 6. The summed E-state index contributed by atoms with van der Waals surface area (Å²) >= 11 is 11.9. The lowest BCUT2D eigenvalue weighted by molar-refractivity contribution is -0.111. The smallest absolute Gasteiger partial charge is 0.271 e. The Kier molecular flexibility index (Phi) is 7.38.